The lowest BCUT2D eigenvalue weighted by Crippen LogP contribution is -2.65. The van der Waals surface area contributed by atoms with Gasteiger partial charge in [0, 0.05) is 0 Å². The van der Waals surface area contributed by atoms with E-state index < -0.39 is 92.6 Å². The molecule has 0 unspecified atom stereocenters. The van der Waals surface area contributed by atoms with Crippen molar-refractivity contribution in [3.63, 3.8) is 0 Å². The molecule has 14 nitrogen and oxygen atoms in total. The predicted molar refractivity (Wildman–Crippen MR) is 93.8 cm³/mol. The Morgan fingerprint density at radius 3 is 2.00 bits per heavy atom. The van der Waals surface area contributed by atoms with Crippen LogP contribution in [0.25, 0.3) is 0 Å². The third-order valence-electron chi connectivity index (χ3n) is 5.66. The third kappa shape index (κ3) is 5.02. The maximum atomic E-state index is 10.6. The lowest BCUT2D eigenvalue weighted by molar-refractivity contribution is -0.375. The second-order valence-electron chi connectivity index (χ2n) is 7.87. The Kier molecular flexibility index (Phi) is 8.21. The van der Waals surface area contributed by atoms with Crippen molar-refractivity contribution in [3.05, 3.63) is 0 Å². The minimum Gasteiger partial charge on any atom is -0.394 e. The summed E-state index contributed by atoms with van der Waals surface area (Å²) >= 11 is 0. The Bertz CT molecular complexity index is 581. The zero-order valence-corrected chi connectivity index (χ0v) is 16.6. The number of hydrogen-bond acceptors (Lipinski definition) is 14. The first kappa shape index (κ1) is 25.1. The van der Waals surface area contributed by atoms with Crippen molar-refractivity contribution in [1.82, 2.24) is 0 Å². The molecule has 3 heterocycles. The largest absolute Gasteiger partial charge is 0.394 e. The van der Waals surface area contributed by atoms with Crippen molar-refractivity contribution in [1.29, 1.82) is 0 Å². The van der Waals surface area contributed by atoms with Crippen molar-refractivity contribution >= 4 is 0 Å². The number of ether oxygens (including phenoxy) is 5. The van der Waals surface area contributed by atoms with Gasteiger partial charge in [-0.3, -0.25) is 0 Å². The van der Waals surface area contributed by atoms with Crippen LogP contribution in [-0.2, 0) is 23.7 Å². The van der Waals surface area contributed by atoms with Crippen LogP contribution in [0.5, 0.6) is 0 Å². The van der Waals surface area contributed by atoms with Gasteiger partial charge in [0.2, 0.25) is 0 Å². The Morgan fingerprint density at radius 1 is 0.710 bits per heavy atom. The number of rotatable bonds is 5. The minimum absolute atomic E-state index is 0.366. The summed E-state index contributed by atoms with van der Waals surface area (Å²) in [6, 6.07) is 0. The molecule has 3 rings (SSSR count). The minimum atomic E-state index is -1.78. The summed E-state index contributed by atoms with van der Waals surface area (Å²) in [4.78, 5) is 0. The van der Waals surface area contributed by atoms with E-state index in [0.29, 0.717) is 0 Å². The summed E-state index contributed by atoms with van der Waals surface area (Å²) in [7, 11) is 0. The predicted octanol–water partition coefficient (Wildman–Crippen LogP) is -5.91. The van der Waals surface area contributed by atoms with Crippen LogP contribution in [0.1, 0.15) is 6.92 Å². The molecular weight excluding hydrogens is 428 g/mol. The molecule has 0 radical (unpaired) electrons. The van der Waals surface area contributed by atoms with E-state index in [9.17, 15) is 40.9 Å². The van der Waals surface area contributed by atoms with Crippen LogP contribution in [-0.4, -0.2) is 145 Å². The molecule has 3 saturated heterocycles. The van der Waals surface area contributed by atoms with Gasteiger partial charge < -0.3 is 69.6 Å². The quantitative estimate of drug-likeness (QED) is 0.187. The highest BCUT2D eigenvalue weighted by Crippen LogP contribution is 2.31. The zero-order chi connectivity index (χ0) is 23.0. The van der Waals surface area contributed by atoms with E-state index in [-0.39, 0.29) is 6.61 Å². The highest BCUT2D eigenvalue weighted by Gasteiger charge is 2.51. The van der Waals surface area contributed by atoms with Crippen LogP contribution in [0.2, 0.25) is 0 Å². The average molecular weight is 458 g/mol. The van der Waals surface area contributed by atoms with Gasteiger partial charge >= 0.3 is 0 Å². The van der Waals surface area contributed by atoms with Gasteiger partial charge in [0.05, 0.1) is 19.3 Å². The smallest absolute Gasteiger partial charge is 0.187 e. The highest BCUT2D eigenvalue weighted by atomic mass is 16.7. The maximum Gasteiger partial charge on any atom is 0.187 e. The van der Waals surface area contributed by atoms with Crippen molar-refractivity contribution < 1.29 is 69.6 Å². The van der Waals surface area contributed by atoms with E-state index in [1.54, 1.807) is 0 Å². The second kappa shape index (κ2) is 10.1. The first-order valence-corrected chi connectivity index (χ1v) is 9.85. The highest BCUT2D eigenvalue weighted by molar-refractivity contribution is 4.94. The topological polar surface area (TPSA) is 228 Å². The van der Waals surface area contributed by atoms with Gasteiger partial charge in [0.15, 0.2) is 18.9 Å². The SMILES string of the molecule is C[C@@H]1O[C@@H](O[C@@H]2[C@@H](O)[C@H](O)[C@@H](CO)O[C@H]2O)[C@H](O)[C@H](O[C@@H]2OC[C@@H](O)[C@@H](O)[C@H]2O)[C@H]1O. The molecule has 3 fully saturated rings. The van der Waals surface area contributed by atoms with Crippen molar-refractivity contribution in [2.24, 2.45) is 0 Å². The van der Waals surface area contributed by atoms with E-state index in [0.717, 1.165) is 0 Å². The molecule has 3 aliphatic rings. The first-order chi connectivity index (χ1) is 14.6. The molecule has 0 aromatic carbocycles. The molecule has 0 saturated carbocycles. The standard InChI is InChI=1S/C17H30O14/c1-4-7(20)13(30-16-11(24)8(21)5(19)3-27-16)12(25)17(28-4)31-14-10(23)9(22)6(2-18)29-15(14)26/h4-26H,2-3H2,1H3/t4-,5+,6+,7-,8+,9+,10-,11+,12+,13+,14+,15+,16-,17-/m0/s1. The lowest BCUT2D eigenvalue weighted by Gasteiger charge is -2.46. The molecule has 31 heavy (non-hydrogen) atoms. The Hall–Kier alpha value is -0.560. The van der Waals surface area contributed by atoms with Crippen LogP contribution in [0.3, 0.4) is 0 Å². The monoisotopic (exact) mass is 458 g/mol. The Balaban J connectivity index is 1.70. The maximum absolute atomic E-state index is 10.6. The molecule has 3 aliphatic heterocycles. The summed E-state index contributed by atoms with van der Waals surface area (Å²) in [6.07, 6.45) is -21.3. The van der Waals surface area contributed by atoms with Gasteiger partial charge in [-0.1, -0.05) is 0 Å². The number of hydrogen-bond donors (Lipinski definition) is 9. The summed E-state index contributed by atoms with van der Waals surface area (Å²) in [5.74, 6) is 0. The summed E-state index contributed by atoms with van der Waals surface area (Å²) in [5.41, 5.74) is 0. The van der Waals surface area contributed by atoms with Crippen molar-refractivity contribution in [3.8, 4) is 0 Å². The van der Waals surface area contributed by atoms with E-state index in [1.165, 1.54) is 6.92 Å². The van der Waals surface area contributed by atoms with Gasteiger partial charge in [0.1, 0.15) is 61.0 Å². The molecule has 0 aliphatic carbocycles. The number of aliphatic hydroxyl groups excluding tert-OH is 9. The van der Waals surface area contributed by atoms with Gasteiger partial charge in [-0.2, -0.15) is 0 Å². The summed E-state index contributed by atoms with van der Waals surface area (Å²) in [6.45, 7) is 0.379. The molecular formula is C17H30O14. The van der Waals surface area contributed by atoms with Crippen molar-refractivity contribution in [2.75, 3.05) is 13.2 Å². The molecule has 0 spiro atoms. The van der Waals surface area contributed by atoms with Crippen molar-refractivity contribution in [2.45, 2.75) is 92.9 Å². The first-order valence-electron chi connectivity index (χ1n) is 9.85. The second-order valence-corrected chi connectivity index (χ2v) is 7.87. The normalized spacial score (nSPS) is 54.0. The fourth-order valence-electron chi connectivity index (χ4n) is 3.70. The van der Waals surface area contributed by atoms with Gasteiger partial charge in [-0.15, -0.1) is 0 Å². The van der Waals surface area contributed by atoms with Crippen LogP contribution < -0.4 is 0 Å². The van der Waals surface area contributed by atoms with E-state index >= 15 is 0 Å². The van der Waals surface area contributed by atoms with Gasteiger partial charge in [-0.05, 0) is 6.92 Å². The molecule has 9 N–H and O–H groups in total. The zero-order valence-electron chi connectivity index (χ0n) is 16.6. The molecule has 14 atom stereocenters. The molecule has 14 heteroatoms. The Labute approximate surface area is 176 Å². The molecule has 0 aromatic heterocycles. The van der Waals surface area contributed by atoms with Gasteiger partial charge in [0.25, 0.3) is 0 Å². The van der Waals surface area contributed by atoms with Crippen LogP contribution >= 0.6 is 0 Å². The molecule has 0 aromatic rings. The van der Waals surface area contributed by atoms with E-state index in [4.69, 9.17) is 28.8 Å². The van der Waals surface area contributed by atoms with Crippen LogP contribution in [0, 0.1) is 0 Å². The lowest BCUT2D eigenvalue weighted by atomic mass is 9.97. The molecule has 0 bridgehead atoms. The van der Waals surface area contributed by atoms with E-state index in [1.807, 2.05) is 0 Å². The average Bonchev–Trinajstić information content (AvgIpc) is 2.74. The van der Waals surface area contributed by atoms with Crippen LogP contribution in [0.4, 0.5) is 0 Å². The molecule has 0 amide bonds. The molecule has 182 valence electrons. The van der Waals surface area contributed by atoms with Gasteiger partial charge in [-0.25, -0.2) is 0 Å². The summed E-state index contributed by atoms with van der Waals surface area (Å²) in [5, 5.41) is 89.7. The Morgan fingerprint density at radius 2 is 1.35 bits per heavy atom. The fraction of sp³-hybridized carbons (Fsp3) is 1.00. The summed E-state index contributed by atoms with van der Waals surface area (Å²) < 4.78 is 26.3. The number of aliphatic hydroxyl groups is 9. The fourth-order valence-corrected chi connectivity index (χ4v) is 3.70. The third-order valence-corrected chi connectivity index (χ3v) is 5.66. The van der Waals surface area contributed by atoms with Crippen LogP contribution in [0.15, 0.2) is 0 Å². The van der Waals surface area contributed by atoms with E-state index in [2.05, 4.69) is 0 Å².